The van der Waals surface area contributed by atoms with E-state index in [-0.39, 0.29) is 59.5 Å². The number of rotatable bonds is 10. The number of Topliss-reactive ketones (excluding diaryl/α,β-unsaturated/α-hetero) is 1. The fourth-order valence-electron chi connectivity index (χ4n) is 7.09. The molecule has 3 fully saturated rings. The topological polar surface area (TPSA) is 224 Å². The molecule has 4 amide bonds. The van der Waals surface area contributed by atoms with Crippen LogP contribution in [0.15, 0.2) is 29.4 Å². The molecule has 1 aromatic heterocycles. The van der Waals surface area contributed by atoms with Gasteiger partial charge in [-0.2, -0.15) is 0 Å². The Labute approximate surface area is 305 Å². The molecule has 2 saturated heterocycles. The number of ketones is 1. The predicted octanol–water partition coefficient (Wildman–Crippen LogP) is 2.32. The third kappa shape index (κ3) is 8.67. The van der Waals surface area contributed by atoms with Gasteiger partial charge in [0.2, 0.25) is 11.7 Å². The van der Waals surface area contributed by atoms with E-state index >= 15 is 0 Å². The minimum Gasteiger partial charge on any atom is -0.384 e. The third-order valence-corrected chi connectivity index (χ3v) is 12.3. The number of hydrogen-bond acceptors (Lipinski definition) is 10. The first kappa shape index (κ1) is 38.5. The van der Waals surface area contributed by atoms with Crippen molar-refractivity contribution in [3.63, 3.8) is 0 Å². The lowest BCUT2D eigenvalue weighted by Gasteiger charge is -2.37. The zero-order chi connectivity index (χ0) is 37.3. The van der Waals surface area contributed by atoms with Crippen molar-refractivity contribution in [3.8, 4) is 0 Å². The Balaban J connectivity index is 1.54. The van der Waals surface area contributed by atoms with Crippen LogP contribution in [0.1, 0.15) is 93.7 Å². The van der Waals surface area contributed by atoms with Gasteiger partial charge in [0.25, 0.3) is 17.7 Å². The molecule has 1 saturated carbocycles. The van der Waals surface area contributed by atoms with Crippen molar-refractivity contribution in [2.24, 2.45) is 16.6 Å². The molecule has 276 valence electrons. The van der Waals surface area contributed by atoms with Crippen molar-refractivity contribution in [3.05, 3.63) is 45.7 Å². The molecule has 1 aliphatic carbocycles. The highest BCUT2D eigenvalue weighted by Crippen LogP contribution is 2.34. The van der Waals surface area contributed by atoms with E-state index in [1.54, 1.807) is 0 Å². The van der Waals surface area contributed by atoms with Crippen LogP contribution in [0.5, 0.6) is 0 Å². The number of nitrogens with zero attached hydrogens (tertiary/aromatic N) is 5. The average Bonchev–Trinajstić information content (AvgIpc) is 3.75. The lowest BCUT2D eigenvalue weighted by atomic mass is 9.85. The molecule has 3 aliphatic rings. The van der Waals surface area contributed by atoms with Crippen LogP contribution >= 0.6 is 23.2 Å². The number of amides is 4. The van der Waals surface area contributed by atoms with Crippen molar-refractivity contribution in [1.82, 2.24) is 25.2 Å². The highest BCUT2D eigenvalue weighted by Gasteiger charge is 2.50. The Kier molecular flexibility index (Phi) is 11.4. The number of carbonyl (C=O) groups excluding carboxylic acids is 5. The maximum Gasteiger partial charge on any atom is 0.287 e. The van der Waals surface area contributed by atoms with E-state index in [9.17, 15) is 37.5 Å². The zero-order valence-corrected chi connectivity index (χ0v) is 30.6. The normalized spacial score (nSPS) is 22.4. The second-order valence-electron chi connectivity index (χ2n) is 14.1. The zero-order valence-electron chi connectivity index (χ0n) is 28.3. The van der Waals surface area contributed by atoms with E-state index in [4.69, 9.17) is 28.9 Å². The summed E-state index contributed by atoms with van der Waals surface area (Å²) in [5.74, 6) is -5.65. The van der Waals surface area contributed by atoms with Crippen LogP contribution in [-0.2, 0) is 34.6 Å². The van der Waals surface area contributed by atoms with Crippen LogP contribution in [0, 0.1) is 5.92 Å². The standard InChI is InChI=1S/C33H41Cl2N7O8S/c1-32(2,48)26-17-37-40-42(26)21-16-25(30(46)39-33(27(43)28(36)44)10-12-51(49,50)13-11-33)41(18-21)31(47)24(14-19-6-4-3-5-7-19)38-29(45)20-8-9-22(34)23(35)15-20/h8-9,15,17,19,21,25,48H,3-7,10-14,16,18H2,1-2H3,(H2,36,44)(H,39,46)/b38-24+/t21-,25-/m0/s1. The maximum atomic E-state index is 14.6. The van der Waals surface area contributed by atoms with E-state index in [1.165, 1.54) is 47.8 Å². The molecular formula is C33H41Cl2N7O8S. The van der Waals surface area contributed by atoms with Gasteiger partial charge < -0.3 is 21.1 Å². The number of halogens is 2. The number of hydrogen-bond donors (Lipinski definition) is 3. The predicted molar refractivity (Wildman–Crippen MR) is 187 cm³/mol. The molecule has 0 spiro atoms. The molecule has 2 aromatic rings. The Morgan fingerprint density at radius 2 is 1.75 bits per heavy atom. The van der Waals surface area contributed by atoms with E-state index in [2.05, 4.69) is 20.6 Å². The molecule has 1 aromatic carbocycles. The highest BCUT2D eigenvalue weighted by atomic mass is 35.5. The monoisotopic (exact) mass is 765 g/mol. The summed E-state index contributed by atoms with van der Waals surface area (Å²) in [6, 6.07) is 2.23. The number of carbonyl (C=O) groups is 5. The number of aliphatic imine (C=N–C) groups is 1. The molecule has 3 heterocycles. The molecule has 15 nitrogen and oxygen atoms in total. The number of likely N-dealkylation sites (tertiary alicyclic amines) is 1. The van der Waals surface area contributed by atoms with E-state index < -0.39 is 74.0 Å². The summed E-state index contributed by atoms with van der Waals surface area (Å²) >= 11 is 12.2. The molecule has 0 unspecified atom stereocenters. The number of primary amides is 1. The van der Waals surface area contributed by atoms with Gasteiger partial charge in [-0.25, -0.2) is 18.1 Å². The van der Waals surface area contributed by atoms with Gasteiger partial charge in [0.15, 0.2) is 9.84 Å². The van der Waals surface area contributed by atoms with Gasteiger partial charge in [0, 0.05) is 18.5 Å². The van der Waals surface area contributed by atoms with Gasteiger partial charge in [-0.15, -0.1) is 5.10 Å². The van der Waals surface area contributed by atoms with Crippen molar-refractivity contribution in [1.29, 1.82) is 0 Å². The van der Waals surface area contributed by atoms with Gasteiger partial charge in [0.1, 0.15) is 22.9 Å². The van der Waals surface area contributed by atoms with Crippen molar-refractivity contribution >= 4 is 68.2 Å². The SMILES string of the molecule is CC(C)(O)c1cnnn1[C@H]1C[C@@H](C(=O)NC2(C(=O)C(N)=O)CCS(=O)(=O)CC2)N(C(=O)/C(CC2CCCCC2)=N/C(=O)c2ccc(Cl)c(Cl)c2)C1. The number of nitrogens with one attached hydrogen (secondary N) is 1. The fourth-order valence-corrected chi connectivity index (χ4v) is 8.91. The number of sulfone groups is 1. The second-order valence-corrected chi connectivity index (χ2v) is 17.2. The van der Waals surface area contributed by atoms with E-state index in [0.29, 0.717) is 5.69 Å². The Bertz CT molecular complexity index is 1850. The average molecular weight is 767 g/mol. The smallest absolute Gasteiger partial charge is 0.287 e. The summed E-state index contributed by atoms with van der Waals surface area (Å²) in [5, 5.41) is 21.9. The van der Waals surface area contributed by atoms with Crippen LogP contribution in [0.2, 0.25) is 10.0 Å². The number of benzene rings is 1. The first-order valence-corrected chi connectivity index (χ1v) is 19.4. The van der Waals surface area contributed by atoms with Crippen LogP contribution < -0.4 is 11.1 Å². The molecule has 2 atom stereocenters. The molecule has 5 rings (SSSR count). The first-order chi connectivity index (χ1) is 23.9. The van der Waals surface area contributed by atoms with Crippen LogP contribution in [0.3, 0.4) is 0 Å². The molecule has 4 N–H and O–H groups in total. The summed E-state index contributed by atoms with van der Waals surface area (Å²) in [4.78, 5) is 73.1. The summed E-state index contributed by atoms with van der Waals surface area (Å²) in [6.07, 6.45) is 5.25. The first-order valence-electron chi connectivity index (χ1n) is 16.8. The van der Waals surface area contributed by atoms with Crippen molar-refractivity contribution in [2.75, 3.05) is 18.1 Å². The van der Waals surface area contributed by atoms with Crippen LogP contribution in [-0.4, -0.2) is 98.2 Å². The number of aromatic nitrogens is 3. The van der Waals surface area contributed by atoms with Gasteiger partial charge in [0.05, 0.1) is 39.5 Å². The molecule has 0 radical (unpaired) electrons. The van der Waals surface area contributed by atoms with Crippen LogP contribution in [0.4, 0.5) is 0 Å². The van der Waals surface area contributed by atoms with E-state index in [0.717, 1.165) is 32.1 Å². The summed E-state index contributed by atoms with van der Waals surface area (Å²) in [7, 11) is -3.54. The van der Waals surface area contributed by atoms with Gasteiger partial charge in [-0.3, -0.25) is 24.0 Å². The number of aliphatic hydroxyl groups is 1. The second kappa shape index (κ2) is 15.1. The van der Waals surface area contributed by atoms with Gasteiger partial charge in [-0.05, 0) is 57.2 Å². The molecule has 51 heavy (non-hydrogen) atoms. The molecular weight excluding hydrogens is 725 g/mol. The highest BCUT2D eigenvalue weighted by molar-refractivity contribution is 7.91. The Morgan fingerprint density at radius 1 is 1.08 bits per heavy atom. The van der Waals surface area contributed by atoms with E-state index in [1.807, 2.05) is 0 Å². The summed E-state index contributed by atoms with van der Waals surface area (Å²) in [6.45, 7) is 2.94. The molecule has 0 bridgehead atoms. The minimum absolute atomic E-state index is 0.0477. The Morgan fingerprint density at radius 3 is 2.35 bits per heavy atom. The van der Waals surface area contributed by atoms with Gasteiger partial charge >= 0.3 is 0 Å². The molecule has 18 heteroatoms. The summed E-state index contributed by atoms with van der Waals surface area (Å²) < 4.78 is 26.0. The van der Waals surface area contributed by atoms with Crippen LogP contribution in [0.25, 0.3) is 0 Å². The third-order valence-electron chi connectivity index (χ3n) is 9.95. The largest absolute Gasteiger partial charge is 0.384 e. The lowest BCUT2D eigenvalue weighted by Crippen LogP contribution is -2.64. The summed E-state index contributed by atoms with van der Waals surface area (Å²) in [5.41, 5.74) is 2.37. The maximum absolute atomic E-state index is 14.6. The lowest BCUT2D eigenvalue weighted by molar-refractivity contribution is -0.143. The van der Waals surface area contributed by atoms with Crippen molar-refractivity contribution < 1.29 is 37.5 Å². The Hall–Kier alpha value is -3.73. The number of nitrogens with two attached hydrogens (primary N) is 1. The molecule has 2 aliphatic heterocycles. The minimum atomic E-state index is -3.54. The fraction of sp³-hybridized carbons (Fsp3) is 0.576. The van der Waals surface area contributed by atoms with Gasteiger partial charge in [-0.1, -0.05) is 60.5 Å². The quantitative estimate of drug-likeness (QED) is 0.236. The van der Waals surface area contributed by atoms with Crippen molar-refractivity contribution in [2.45, 2.75) is 94.9 Å².